The smallest absolute Gasteiger partial charge is 0.349 e. The predicted octanol–water partition coefficient (Wildman–Crippen LogP) is 4.41. The SMILES string of the molecule is CCOC(=O)c1scc(-c2ccccc2)c1S(=O)(=O)Nc1ccc(OC)cc1OC. The summed E-state index contributed by atoms with van der Waals surface area (Å²) < 4.78 is 44.9. The largest absolute Gasteiger partial charge is 0.497 e. The van der Waals surface area contributed by atoms with Crippen molar-refractivity contribution in [2.24, 2.45) is 0 Å². The van der Waals surface area contributed by atoms with Gasteiger partial charge < -0.3 is 14.2 Å². The van der Waals surface area contributed by atoms with Gasteiger partial charge in [-0.05, 0) is 24.6 Å². The molecule has 7 nitrogen and oxygen atoms in total. The highest BCUT2D eigenvalue weighted by Gasteiger charge is 2.30. The number of sulfonamides is 1. The number of anilines is 1. The molecular formula is C21H21NO6S2. The first kappa shape index (κ1) is 21.7. The fourth-order valence-electron chi connectivity index (χ4n) is 2.85. The fraction of sp³-hybridized carbons (Fsp3) is 0.190. The Labute approximate surface area is 179 Å². The second-order valence-electron chi connectivity index (χ2n) is 6.07. The average molecular weight is 448 g/mol. The minimum atomic E-state index is -4.16. The lowest BCUT2D eigenvalue weighted by Crippen LogP contribution is -2.17. The normalized spacial score (nSPS) is 11.0. The summed E-state index contributed by atoms with van der Waals surface area (Å²) in [7, 11) is -1.23. The topological polar surface area (TPSA) is 90.9 Å². The first-order valence-electron chi connectivity index (χ1n) is 9.00. The molecular weight excluding hydrogens is 426 g/mol. The van der Waals surface area contributed by atoms with Gasteiger partial charge in [-0.1, -0.05) is 30.3 Å². The third kappa shape index (κ3) is 4.42. The fourth-order valence-corrected chi connectivity index (χ4v) is 5.61. The monoisotopic (exact) mass is 447 g/mol. The molecule has 0 aliphatic heterocycles. The van der Waals surface area contributed by atoms with Crippen LogP contribution in [0.1, 0.15) is 16.6 Å². The maximum Gasteiger partial charge on any atom is 0.349 e. The highest BCUT2D eigenvalue weighted by atomic mass is 32.2. The molecule has 0 radical (unpaired) electrons. The number of benzene rings is 2. The molecule has 0 saturated heterocycles. The Bertz CT molecular complexity index is 1140. The Morgan fingerprint density at radius 3 is 2.43 bits per heavy atom. The molecule has 3 aromatic rings. The molecule has 1 heterocycles. The molecule has 0 aliphatic rings. The van der Waals surface area contributed by atoms with Crippen molar-refractivity contribution in [2.45, 2.75) is 11.8 Å². The number of rotatable bonds is 8. The summed E-state index contributed by atoms with van der Waals surface area (Å²) in [6.07, 6.45) is 0. The van der Waals surface area contributed by atoms with Crippen LogP contribution in [0.25, 0.3) is 11.1 Å². The number of nitrogens with one attached hydrogen (secondary N) is 1. The Kier molecular flexibility index (Phi) is 6.63. The number of carbonyl (C=O) groups is 1. The van der Waals surface area contributed by atoms with Crippen LogP contribution < -0.4 is 14.2 Å². The summed E-state index contributed by atoms with van der Waals surface area (Å²) in [6, 6.07) is 13.7. The molecule has 3 rings (SSSR count). The van der Waals surface area contributed by atoms with Crippen LogP contribution in [-0.2, 0) is 14.8 Å². The third-order valence-corrected chi connectivity index (χ3v) is 6.75. The van der Waals surface area contributed by atoms with Gasteiger partial charge in [-0.3, -0.25) is 4.72 Å². The maximum atomic E-state index is 13.4. The second-order valence-corrected chi connectivity index (χ2v) is 8.56. The van der Waals surface area contributed by atoms with Crippen LogP contribution in [0, 0.1) is 0 Å². The lowest BCUT2D eigenvalue weighted by atomic mass is 10.1. The first-order valence-corrected chi connectivity index (χ1v) is 11.4. The molecule has 0 bridgehead atoms. The van der Waals surface area contributed by atoms with Crippen molar-refractivity contribution in [1.29, 1.82) is 0 Å². The zero-order valence-electron chi connectivity index (χ0n) is 16.7. The van der Waals surface area contributed by atoms with E-state index in [0.717, 1.165) is 11.3 Å². The van der Waals surface area contributed by atoms with Gasteiger partial charge in [0.1, 0.15) is 21.3 Å². The summed E-state index contributed by atoms with van der Waals surface area (Å²) >= 11 is 1.03. The third-order valence-electron chi connectivity index (χ3n) is 4.21. The number of ether oxygens (including phenoxy) is 3. The van der Waals surface area contributed by atoms with Gasteiger partial charge in [0.25, 0.3) is 10.0 Å². The summed E-state index contributed by atoms with van der Waals surface area (Å²) in [5.41, 5.74) is 1.31. The molecule has 9 heteroatoms. The van der Waals surface area contributed by atoms with Gasteiger partial charge in [0, 0.05) is 17.0 Å². The van der Waals surface area contributed by atoms with Gasteiger partial charge in [-0.2, -0.15) is 0 Å². The Balaban J connectivity index is 2.12. The van der Waals surface area contributed by atoms with Crippen molar-refractivity contribution in [3.63, 3.8) is 0 Å². The van der Waals surface area contributed by atoms with Crippen LogP contribution >= 0.6 is 11.3 Å². The molecule has 1 N–H and O–H groups in total. The number of carbonyl (C=O) groups excluding carboxylic acids is 1. The zero-order valence-corrected chi connectivity index (χ0v) is 18.3. The summed E-state index contributed by atoms with van der Waals surface area (Å²) in [5, 5.41) is 1.64. The van der Waals surface area contributed by atoms with Crippen LogP contribution in [0.2, 0.25) is 0 Å². The molecule has 0 spiro atoms. The van der Waals surface area contributed by atoms with E-state index in [0.29, 0.717) is 16.9 Å². The van der Waals surface area contributed by atoms with E-state index < -0.39 is 16.0 Å². The molecule has 30 heavy (non-hydrogen) atoms. The molecule has 1 aromatic heterocycles. The number of methoxy groups -OCH3 is 2. The van der Waals surface area contributed by atoms with Crippen molar-refractivity contribution >= 4 is 33.0 Å². The van der Waals surface area contributed by atoms with Crippen molar-refractivity contribution in [3.05, 3.63) is 58.8 Å². The first-order chi connectivity index (χ1) is 14.4. The maximum absolute atomic E-state index is 13.4. The van der Waals surface area contributed by atoms with Crippen LogP contribution in [0.5, 0.6) is 11.5 Å². The molecule has 2 aromatic carbocycles. The molecule has 0 atom stereocenters. The molecule has 0 unspecified atom stereocenters. The Morgan fingerprint density at radius 1 is 1.07 bits per heavy atom. The highest BCUT2D eigenvalue weighted by Crippen LogP contribution is 2.38. The van der Waals surface area contributed by atoms with E-state index in [1.54, 1.807) is 48.7 Å². The van der Waals surface area contributed by atoms with Gasteiger partial charge in [-0.25, -0.2) is 13.2 Å². The lowest BCUT2D eigenvalue weighted by molar-refractivity contribution is 0.0528. The quantitative estimate of drug-likeness (QED) is 0.515. The Hall–Kier alpha value is -3.04. The number of hydrogen-bond acceptors (Lipinski definition) is 7. The van der Waals surface area contributed by atoms with Gasteiger partial charge >= 0.3 is 5.97 Å². The minimum Gasteiger partial charge on any atom is -0.497 e. The van der Waals surface area contributed by atoms with E-state index in [2.05, 4.69) is 4.72 Å². The summed E-state index contributed by atoms with van der Waals surface area (Å²) in [5.74, 6) is 0.112. The van der Waals surface area contributed by atoms with Crippen LogP contribution in [0.4, 0.5) is 5.69 Å². The van der Waals surface area contributed by atoms with E-state index in [4.69, 9.17) is 14.2 Å². The van der Waals surface area contributed by atoms with Crippen LogP contribution in [-0.4, -0.2) is 35.2 Å². The van der Waals surface area contributed by atoms with Crippen molar-refractivity contribution < 1.29 is 27.4 Å². The summed E-state index contributed by atoms with van der Waals surface area (Å²) in [4.78, 5) is 12.4. The molecule has 0 aliphatic carbocycles. The van der Waals surface area contributed by atoms with Gasteiger partial charge in [0.2, 0.25) is 0 Å². The van der Waals surface area contributed by atoms with Gasteiger partial charge in [-0.15, -0.1) is 11.3 Å². The molecule has 0 saturated carbocycles. The number of esters is 1. The van der Waals surface area contributed by atoms with Crippen molar-refractivity contribution in [2.75, 3.05) is 25.5 Å². The second kappa shape index (κ2) is 9.19. The van der Waals surface area contributed by atoms with E-state index in [1.807, 2.05) is 6.07 Å². The van der Waals surface area contributed by atoms with Gasteiger partial charge in [0.15, 0.2) is 0 Å². The van der Waals surface area contributed by atoms with Gasteiger partial charge in [0.05, 0.1) is 26.5 Å². The molecule has 0 fully saturated rings. The summed E-state index contributed by atoms with van der Waals surface area (Å²) in [6.45, 7) is 1.80. The zero-order chi connectivity index (χ0) is 21.7. The van der Waals surface area contributed by atoms with Crippen LogP contribution in [0.15, 0.2) is 58.8 Å². The highest BCUT2D eigenvalue weighted by molar-refractivity contribution is 7.93. The van der Waals surface area contributed by atoms with Crippen LogP contribution in [0.3, 0.4) is 0 Å². The Morgan fingerprint density at radius 2 is 1.80 bits per heavy atom. The van der Waals surface area contributed by atoms with Crippen molar-refractivity contribution in [3.8, 4) is 22.6 Å². The van der Waals surface area contributed by atoms with E-state index in [1.165, 1.54) is 20.3 Å². The standard InChI is InChI=1S/C21H21NO6S2/c1-4-28-21(23)19-20(16(13-29-19)14-8-6-5-7-9-14)30(24,25)22-17-11-10-15(26-2)12-18(17)27-3/h5-13,22H,4H2,1-3H3. The van der Waals surface area contributed by atoms with E-state index in [9.17, 15) is 13.2 Å². The van der Waals surface area contributed by atoms with Crippen molar-refractivity contribution in [1.82, 2.24) is 0 Å². The lowest BCUT2D eigenvalue weighted by Gasteiger charge is -2.14. The number of hydrogen-bond donors (Lipinski definition) is 1. The minimum absolute atomic E-state index is 0.00989. The van der Waals surface area contributed by atoms with E-state index >= 15 is 0 Å². The number of thiophene rings is 1. The molecule has 158 valence electrons. The van der Waals surface area contributed by atoms with E-state index in [-0.39, 0.29) is 27.8 Å². The molecule has 0 amide bonds. The average Bonchev–Trinajstić information content (AvgIpc) is 3.21. The predicted molar refractivity (Wildman–Crippen MR) is 116 cm³/mol.